The van der Waals surface area contributed by atoms with Crippen molar-refractivity contribution in [3.63, 3.8) is 0 Å². The number of hydrogen-bond donors (Lipinski definition) is 2. The molecule has 3 rings (SSSR count). The minimum Gasteiger partial charge on any atom is -0.399 e. The number of aryl methyl sites for hydroxylation is 1. The second kappa shape index (κ2) is 4.92. The highest BCUT2D eigenvalue weighted by molar-refractivity contribution is 9.10. The van der Waals surface area contributed by atoms with Crippen molar-refractivity contribution in [2.45, 2.75) is 13.5 Å². The summed E-state index contributed by atoms with van der Waals surface area (Å²) >= 11 is 3.58. The molecule has 1 aromatic heterocycles. The normalized spacial score (nSPS) is 11.2. The summed E-state index contributed by atoms with van der Waals surface area (Å²) in [5.41, 5.74) is 10.3. The first kappa shape index (κ1) is 13.1. The van der Waals surface area contributed by atoms with Gasteiger partial charge in [0.1, 0.15) is 12.4 Å². The third kappa shape index (κ3) is 2.09. The number of anilines is 1. The standard InChI is InChI=1S/C15H14BrN3O/c1-9-2-4-13(11(16)6-9)19-14-5-3-10(17)7-12(14)18-15(19)8-20/h2-7,20H,8,17H2,1H3. The minimum absolute atomic E-state index is 0.130. The number of rotatable bonds is 2. The Hall–Kier alpha value is -1.85. The summed E-state index contributed by atoms with van der Waals surface area (Å²) in [5, 5.41) is 9.57. The van der Waals surface area contributed by atoms with Crippen molar-refractivity contribution in [3.05, 3.63) is 52.3 Å². The first-order valence-electron chi connectivity index (χ1n) is 6.24. The third-order valence-electron chi connectivity index (χ3n) is 3.23. The zero-order valence-corrected chi connectivity index (χ0v) is 12.6. The molecule has 2 aromatic carbocycles. The van der Waals surface area contributed by atoms with Gasteiger partial charge >= 0.3 is 0 Å². The van der Waals surface area contributed by atoms with Crippen molar-refractivity contribution < 1.29 is 5.11 Å². The lowest BCUT2D eigenvalue weighted by atomic mass is 10.2. The number of nitrogen functional groups attached to an aromatic ring is 1. The van der Waals surface area contributed by atoms with E-state index in [4.69, 9.17) is 5.73 Å². The Morgan fingerprint density at radius 3 is 2.75 bits per heavy atom. The molecule has 0 unspecified atom stereocenters. The van der Waals surface area contributed by atoms with Crippen LogP contribution >= 0.6 is 15.9 Å². The largest absolute Gasteiger partial charge is 0.399 e. The van der Waals surface area contributed by atoms with Crippen LogP contribution in [0, 0.1) is 6.92 Å². The molecule has 0 bridgehead atoms. The zero-order chi connectivity index (χ0) is 14.3. The molecule has 0 saturated carbocycles. The van der Waals surface area contributed by atoms with Crippen molar-refractivity contribution in [2.75, 3.05) is 5.73 Å². The van der Waals surface area contributed by atoms with Crippen molar-refractivity contribution in [1.29, 1.82) is 0 Å². The number of halogens is 1. The maximum atomic E-state index is 9.57. The number of aliphatic hydroxyl groups is 1. The molecule has 0 saturated heterocycles. The van der Waals surface area contributed by atoms with E-state index in [0.717, 1.165) is 21.2 Å². The third-order valence-corrected chi connectivity index (χ3v) is 3.87. The molecule has 3 aromatic rings. The average Bonchev–Trinajstić information content (AvgIpc) is 2.76. The summed E-state index contributed by atoms with van der Waals surface area (Å²) in [5.74, 6) is 0.593. The molecule has 0 aliphatic carbocycles. The molecule has 5 heteroatoms. The van der Waals surface area contributed by atoms with E-state index in [9.17, 15) is 5.11 Å². The van der Waals surface area contributed by atoms with Gasteiger partial charge in [0, 0.05) is 10.2 Å². The smallest absolute Gasteiger partial charge is 0.140 e. The first-order chi connectivity index (χ1) is 9.60. The van der Waals surface area contributed by atoms with Crippen molar-refractivity contribution >= 4 is 32.7 Å². The molecule has 0 aliphatic heterocycles. The number of hydrogen-bond acceptors (Lipinski definition) is 3. The fraction of sp³-hybridized carbons (Fsp3) is 0.133. The molecule has 1 heterocycles. The lowest BCUT2D eigenvalue weighted by Gasteiger charge is -2.11. The van der Waals surface area contributed by atoms with Crippen LogP contribution in [0.25, 0.3) is 16.7 Å². The van der Waals surface area contributed by atoms with Crippen LogP contribution in [0.1, 0.15) is 11.4 Å². The van der Waals surface area contributed by atoms with Gasteiger partial charge in [0.15, 0.2) is 0 Å². The van der Waals surface area contributed by atoms with Gasteiger partial charge in [0.2, 0.25) is 0 Å². The Bertz CT molecular complexity index is 795. The van der Waals surface area contributed by atoms with Crippen LogP contribution in [0.5, 0.6) is 0 Å². The molecule has 0 atom stereocenters. The molecular weight excluding hydrogens is 318 g/mol. The van der Waals surface area contributed by atoms with Crippen molar-refractivity contribution in [2.24, 2.45) is 0 Å². The predicted octanol–water partition coefficient (Wildman–Crippen LogP) is 3.17. The molecular formula is C15H14BrN3O. The molecule has 20 heavy (non-hydrogen) atoms. The molecule has 102 valence electrons. The zero-order valence-electron chi connectivity index (χ0n) is 11.0. The van der Waals surface area contributed by atoms with Gasteiger partial charge in [-0.15, -0.1) is 0 Å². The topological polar surface area (TPSA) is 64.1 Å². The van der Waals surface area contributed by atoms with Gasteiger partial charge < -0.3 is 10.8 Å². The van der Waals surface area contributed by atoms with Crippen LogP contribution in [0.3, 0.4) is 0 Å². The Kier molecular flexibility index (Phi) is 3.23. The highest BCUT2D eigenvalue weighted by atomic mass is 79.9. The fourth-order valence-corrected chi connectivity index (χ4v) is 2.99. The number of nitrogens with zero attached hydrogens (tertiary/aromatic N) is 2. The Morgan fingerprint density at radius 1 is 1.25 bits per heavy atom. The number of imidazole rings is 1. The van der Waals surface area contributed by atoms with Crippen LogP contribution in [0.4, 0.5) is 5.69 Å². The molecule has 0 spiro atoms. The first-order valence-corrected chi connectivity index (χ1v) is 7.03. The van der Waals surface area contributed by atoms with E-state index in [1.807, 2.05) is 47.9 Å². The molecule has 0 radical (unpaired) electrons. The highest BCUT2D eigenvalue weighted by Crippen LogP contribution is 2.28. The fourth-order valence-electron chi connectivity index (χ4n) is 2.32. The van der Waals surface area contributed by atoms with E-state index in [2.05, 4.69) is 20.9 Å². The van der Waals surface area contributed by atoms with Gasteiger partial charge in [-0.1, -0.05) is 6.07 Å². The predicted molar refractivity (Wildman–Crippen MR) is 83.8 cm³/mol. The van der Waals surface area contributed by atoms with Crippen LogP contribution in [0.2, 0.25) is 0 Å². The van der Waals surface area contributed by atoms with Gasteiger partial charge in [0.05, 0.1) is 16.7 Å². The Balaban J connectivity index is 2.34. The summed E-state index contributed by atoms with van der Waals surface area (Å²) < 4.78 is 2.90. The van der Waals surface area contributed by atoms with E-state index >= 15 is 0 Å². The summed E-state index contributed by atoms with van der Waals surface area (Å²) in [4.78, 5) is 4.44. The van der Waals surface area contributed by atoms with Gasteiger partial charge in [-0.2, -0.15) is 0 Å². The van der Waals surface area contributed by atoms with Crippen LogP contribution in [0.15, 0.2) is 40.9 Å². The molecule has 0 amide bonds. The monoisotopic (exact) mass is 331 g/mol. The van der Waals surface area contributed by atoms with Gasteiger partial charge in [0.25, 0.3) is 0 Å². The Morgan fingerprint density at radius 2 is 2.05 bits per heavy atom. The molecule has 0 fully saturated rings. The van der Waals surface area contributed by atoms with E-state index in [0.29, 0.717) is 11.5 Å². The summed E-state index contributed by atoms with van der Waals surface area (Å²) in [7, 11) is 0. The minimum atomic E-state index is -0.130. The molecule has 0 aliphatic rings. The Labute approximate surface area is 125 Å². The second-order valence-corrected chi connectivity index (χ2v) is 5.58. The number of nitrogens with two attached hydrogens (primary N) is 1. The quantitative estimate of drug-likeness (QED) is 0.709. The van der Waals surface area contributed by atoms with Crippen molar-refractivity contribution in [1.82, 2.24) is 9.55 Å². The maximum absolute atomic E-state index is 9.57. The molecule has 4 nitrogen and oxygen atoms in total. The number of benzene rings is 2. The van der Waals surface area contributed by atoms with E-state index < -0.39 is 0 Å². The highest BCUT2D eigenvalue weighted by Gasteiger charge is 2.14. The van der Waals surface area contributed by atoms with Gasteiger partial charge in [-0.05, 0) is 58.7 Å². The average molecular weight is 332 g/mol. The van der Waals surface area contributed by atoms with E-state index in [1.54, 1.807) is 0 Å². The number of fused-ring (bicyclic) bond motifs is 1. The maximum Gasteiger partial charge on any atom is 0.140 e. The lowest BCUT2D eigenvalue weighted by Crippen LogP contribution is -2.02. The van der Waals surface area contributed by atoms with Crippen LogP contribution in [-0.2, 0) is 6.61 Å². The number of aliphatic hydroxyl groups excluding tert-OH is 1. The lowest BCUT2D eigenvalue weighted by molar-refractivity contribution is 0.270. The van der Waals surface area contributed by atoms with E-state index in [-0.39, 0.29) is 6.61 Å². The summed E-state index contributed by atoms with van der Waals surface area (Å²) in [6, 6.07) is 11.7. The van der Waals surface area contributed by atoms with E-state index in [1.165, 1.54) is 5.56 Å². The molecule has 3 N–H and O–H groups in total. The number of aromatic nitrogens is 2. The summed E-state index contributed by atoms with van der Waals surface area (Å²) in [6.07, 6.45) is 0. The second-order valence-electron chi connectivity index (χ2n) is 4.72. The summed E-state index contributed by atoms with van der Waals surface area (Å²) in [6.45, 7) is 1.91. The van der Waals surface area contributed by atoms with Gasteiger partial charge in [-0.3, -0.25) is 4.57 Å². The van der Waals surface area contributed by atoms with Crippen LogP contribution in [-0.4, -0.2) is 14.7 Å². The van der Waals surface area contributed by atoms with Crippen molar-refractivity contribution in [3.8, 4) is 5.69 Å². The SMILES string of the molecule is Cc1ccc(-n2c(CO)nc3cc(N)ccc32)c(Br)c1. The van der Waals surface area contributed by atoms with Crippen LogP contribution < -0.4 is 5.73 Å². The van der Waals surface area contributed by atoms with Gasteiger partial charge in [-0.25, -0.2) is 4.98 Å².